The summed E-state index contributed by atoms with van der Waals surface area (Å²) in [7, 11) is 0. The first-order valence-electron chi connectivity index (χ1n) is 6.70. The van der Waals surface area contributed by atoms with Crippen LogP contribution in [0.5, 0.6) is 0 Å². The minimum Gasteiger partial charge on any atom is -0.383 e. The number of carbonyl (C=O) groups is 1. The van der Waals surface area contributed by atoms with Crippen molar-refractivity contribution in [3.63, 3.8) is 0 Å². The predicted octanol–water partition coefficient (Wildman–Crippen LogP) is 0.719. The van der Waals surface area contributed by atoms with Crippen LogP contribution in [0.15, 0.2) is 30.6 Å². The minimum absolute atomic E-state index is 0.332. The van der Waals surface area contributed by atoms with Crippen LogP contribution in [0.3, 0.4) is 0 Å². The number of nitrogens with zero attached hydrogens (tertiary/aromatic N) is 2. The van der Waals surface area contributed by atoms with Crippen LogP contribution in [0.1, 0.15) is 15.9 Å². The number of hydrogen-bond donors (Lipinski definition) is 2. The van der Waals surface area contributed by atoms with E-state index in [1.54, 1.807) is 16.9 Å². The fourth-order valence-electron chi connectivity index (χ4n) is 2.40. The van der Waals surface area contributed by atoms with Gasteiger partial charge in [0.25, 0.3) is 0 Å². The highest BCUT2D eigenvalue weighted by Gasteiger charge is 2.36. The minimum atomic E-state index is -0.824. The van der Waals surface area contributed by atoms with Gasteiger partial charge in [-0.05, 0) is 24.1 Å². The Morgan fingerprint density at radius 3 is 2.86 bits per heavy atom. The summed E-state index contributed by atoms with van der Waals surface area (Å²) in [6.07, 6.45) is 3.55. The lowest BCUT2D eigenvalue weighted by molar-refractivity contribution is -0.186. The number of hydrogen-bond acceptors (Lipinski definition) is 4. The fraction of sp³-hybridized carbons (Fsp3) is 0.333. The zero-order valence-electron chi connectivity index (χ0n) is 11.7. The Labute approximate surface area is 122 Å². The molecule has 6 nitrogen and oxygen atoms in total. The maximum atomic E-state index is 11.4. The molecule has 0 atom stereocenters. The third kappa shape index (κ3) is 2.68. The van der Waals surface area contributed by atoms with Crippen LogP contribution in [0.4, 0.5) is 0 Å². The number of rotatable bonds is 4. The number of aliphatic hydroxyl groups is 1. The monoisotopic (exact) mass is 287 g/mol. The molecule has 2 aromatic rings. The third-order valence-corrected chi connectivity index (χ3v) is 3.67. The number of amides is 1. The molecular weight excluding hydrogens is 270 g/mol. The Bertz CT molecular complexity index is 689. The summed E-state index contributed by atoms with van der Waals surface area (Å²) in [5.41, 5.74) is 7.65. The Balaban J connectivity index is 1.86. The summed E-state index contributed by atoms with van der Waals surface area (Å²) >= 11 is 0. The zero-order chi connectivity index (χ0) is 15.0. The number of ether oxygens (including phenoxy) is 1. The molecule has 1 aromatic heterocycles. The summed E-state index contributed by atoms with van der Waals surface area (Å²) in [4.78, 5) is 11.4. The largest absolute Gasteiger partial charge is 0.383 e. The predicted molar refractivity (Wildman–Crippen MR) is 76.7 cm³/mol. The van der Waals surface area contributed by atoms with E-state index in [1.165, 1.54) is 0 Å². The topological polar surface area (TPSA) is 90.4 Å². The van der Waals surface area contributed by atoms with Crippen LogP contribution in [0, 0.1) is 6.92 Å². The number of carbonyl (C=O) groups excluding carboxylic acids is 1. The van der Waals surface area contributed by atoms with Gasteiger partial charge in [-0.1, -0.05) is 12.1 Å². The molecule has 0 saturated carbocycles. The van der Waals surface area contributed by atoms with Crippen molar-refractivity contribution in [3.8, 4) is 11.1 Å². The van der Waals surface area contributed by atoms with E-state index in [4.69, 9.17) is 10.5 Å². The van der Waals surface area contributed by atoms with Crippen molar-refractivity contribution in [3.05, 3.63) is 41.7 Å². The van der Waals surface area contributed by atoms with Gasteiger partial charge in [-0.3, -0.25) is 9.48 Å². The van der Waals surface area contributed by atoms with Crippen molar-refractivity contribution in [1.82, 2.24) is 9.78 Å². The third-order valence-electron chi connectivity index (χ3n) is 3.67. The lowest BCUT2D eigenvalue weighted by atomic mass is 10.0. The first-order valence-corrected chi connectivity index (χ1v) is 6.70. The first kappa shape index (κ1) is 13.8. The second-order valence-corrected chi connectivity index (χ2v) is 5.54. The van der Waals surface area contributed by atoms with Crippen molar-refractivity contribution >= 4 is 5.91 Å². The van der Waals surface area contributed by atoms with E-state index >= 15 is 0 Å². The van der Waals surface area contributed by atoms with Crippen molar-refractivity contribution in [2.24, 2.45) is 5.73 Å². The van der Waals surface area contributed by atoms with Crippen LogP contribution in [0.25, 0.3) is 11.1 Å². The second-order valence-electron chi connectivity index (χ2n) is 5.54. The quantitative estimate of drug-likeness (QED) is 0.867. The molecule has 3 rings (SSSR count). The summed E-state index contributed by atoms with van der Waals surface area (Å²) in [6, 6.07) is 5.55. The maximum absolute atomic E-state index is 11.4. The molecule has 2 heterocycles. The van der Waals surface area contributed by atoms with Gasteiger partial charge in [0.1, 0.15) is 5.60 Å². The zero-order valence-corrected chi connectivity index (χ0v) is 11.7. The van der Waals surface area contributed by atoms with E-state index in [1.807, 2.05) is 25.3 Å². The van der Waals surface area contributed by atoms with E-state index in [9.17, 15) is 9.90 Å². The van der Waals surface area contributed by atoms with Gasteiger partial charge in [-0.2, -0.15) is 5.10 Å². The highest BCUT2D eigenvalue weighted by atomic mass is 16.5. The van der Waals surface area contributed by atoms with Crippen molar-refractivity contribution in [2.75, 3.05) is 13.2 Å². The molecule has 0 radical (unpaired) electrons. The van der Waals surface area contributed by atoms with Crippen LogP contribution >= 0.6 is 0 Å². The highest BCUT2D eigenvalue weighted by Crippen LogP contribution is 2.24. The molecule has 0 bridgehead atoms. The maximum Gasteiger partial charge on any atom is 0.248 e. The molecule has 0 unspecified atom stereocenters. The van der Waals surface area contributed by atoms with Gasteiger partial charge in [0.2, 0.25) is 5.91 Å². The van der Waals surface area contributed by atoms with Gasteiger partial charge in [0, 0.05) is 17.3 Å². The summed E-state index contributed by atoms with van der Waals surface area (Å²) in [6.45, 7) is 2.90. The number of aromatic nitrogens is 2. The number of benzene rings is 1. The van der Waals surface area contributed by atoms with Crippen molar-refractivity contribution in [1.29, 1.82) is 0 Å². The van der Waals surface area contributed by atoms with E-state index in [0.717, 1.165) is 16.7 Å². The average Bonchev–Trinajstić information content (AvgIpc) is 2.85. The van der Waals surface area contributed by atoms with E-state index in [-0.39, 0.29) is 0 Å². The molecule has 0 aliphatic carbocycles. The molecule has 110 valence electrons. The SMILES string of the molecule is Cc1ccc(-c2cnn(CC3(O)COC3)c2)cc1C(N)=O. The van der Waals surface area contributed by atoms with Gasteiger partial charge in [-0.15, -0.1) is 0 Å². The van der Waals surface area contributed by atoms with Gasteiger partial charge < -0.3 is 15.6 Å². The fourth-order valence-corrected chi connectivity index (χ4v) is 2.40. The molecule has 3 N–H and O–H groups in total. The molecule has 6 heteroatoms. The lowest BCUT2D eigenvalue weighted by Gasteiger charge is -2.35. The van der Waals surface area contributed by atoms with E-state index < -0.39 is 11.5 Å². The Hall–Kier alpha value is -2.18. The molecule has 1 aromatic carbocycles. The Morgan fingerprint density at radius 2 is 2.24 bits per heavy atom. The van der Waals surface area contributed by atoms with Crippen LogP contribution in [0.2, 0.25) is 0 Å². The summed E-state index contributed by atoms with van der Waals surface area (Å²) in [5.74, 6) is -0.442. The smallest absolute Gasteiger partial charge is 0.248 e. The molecule has 0 spiro atoms. The lowest BCUT2D eigenvalue weighted by Crippen LogP contribution is -2.52. The van der Waals surface area contributed by atoms with Crippen molar-refractivity contribution in [2.45, 2.75) is 19.1 Å². The van der Waals surface area contributed by atoms with Crippen LogP contribution < -0.4 is 5.73 Å². The molecule has 1 saturated heterocycles. The summed E-state index contributed by atoms with van der Waals surface area (Å²) < 4.78 is 6.70. The molecule has 1 fully saturated rings. The summed E-state index contributed by atoms with van der Waals surface area (Å²) in [5, 5.41) is 14.3. The van der Waals surface area contributed by atoms with E-state index in [0.29, 0.717) is 25.3 Å². The van der Waals surface area contributed by atoms with Crippen LogP contribution in [-0.4, -0.2) is 39.6 Å². The molecule has 1 amide bonds. The standard InChI is InChI=1S/C15H17N3O3/c1-10-2-3-11(4-13(10)14(16)19)12-5-17-18(6-12)7-15(20)8-21-9-15/h2-6,20H,7-9H2,1H3,(H2,16,19). The Morgan fingerprint density at radius 1 is 1.48 bits per heavy atom. The van der Waals surface area contributed by atoms with Gasteiger partial charge in [-0.25, -0.2) is 0 Å². The normalized spacial score (nSPS) is 16.5. The van der Waals surface area contributed by atoms with Crippen molar-refractivity contribution < 1.29 is 14.6 Å². The molecular formula is C15H17N3O3. The Kier molecular flexibility index (Phi) is 3.27. The van der Waals surface area contributed by atoms with Crippen LogP contribution in [-0.2, 0) is 11.3 Å². The number of nitrogens with two attached hydrogens (primary N) is 1. The molecule has 1 aliphatic rings. The van der Waals surface area contributed by atoms with Gasteiger partial charge in [0.15, 0.2) is 0 Å². The van der Waals surface area contributed by atoms with E-state index in [2.05, 4.69) is 5.10 Å². The number of primary amides is 1. The first-order chi connectivity index (χ1) is 9.97. The number of aryl methyl sites for hydroxylation is 1. The molecule has 21 heavy (non-hydrogen) atoms. The van der Waals surface area contributed by atoms with Gasteiger partial charge >= 0.3 is 0 Å². The second kappa shape index (κ2) is 4.98. The molecule has 1 aliphatic heterocycles. The average molecular weight is 287 g/mol. The highest BCUT2D eigenvalue weighted by molar-refractivity contribution is 5.95. The van der Waals surface area contributed by atoms with Gasteiger partial charge in [0.05, 0.1) is 26.0 Å².